The van der Waals surface area contributed by atoms with E-state index in [9.17, 15) is 4.79 Å². The Hall–Kier alpha value is -1.75. The van der Waals surface area contributed by atoms with Crippen LogP contribution >= 0.6 is 11.6 Å². The quantitative estimate of drug-likeness (QED) is 0.595. The van der Waals surface area contributed by atoms with Gasteiger partial charge in [0.15, 0.2) is 5.78 Å². The number of ketones is 1. The van der Waals surface area contributed by atoms with Gasteiger partial charge in [-0.15, -0.1) is 0 Å². The molecule has 2 rings (SSSR count). The molecule has 0 N–H and O–H groups in total. The number of pyridine rings is 1. The molecule has 0 bridgehead atoms. The van der Waals surface area contributed by atoms with Crippen LogP contribution in [0, 0.1) is 0 Å². The van der Waals surface area contributed by atoms with Gasteiger partial charge in [0.1, 0.15) is 17.3 Å². The van der Waals surface area contributed by atoms with Gasteiger partial charge in [0.25, 0.3) is 0 Å². The predicted octanol–water partition coefficient (Wildman–Crippen LogP) is 1.29. The van der Waals surface area contributed by atoms with Crippen LogP contribution in [0.5, 0.6) is 0 Å². The number of aryl methyl sites for hydroxylation is 1. The summed E-state index contributed by atoms with van der Waals surface area (Å²) < 4.78 is 1.57. The largest absolute Gasteiger partial charge is 0.294 e. The molecule has 0 fully saturated rings. The smallest absolute Gasteiger partial charge is 0.170 e. The number of aromatic nitrogens is 4. The van der Waals surface area contributed by atoms with Gasteiger partial charge < -0.3 is 0 Å². The Morgan fingerprint density at radius 3 is 2.94 bits per heavy atom. The fourth-order valence-electron chi connectivity index (χ4n) is 1.30. The number of carbonyl (C=O) groups excluding carboxylic acids is 1. The molecule has 0 aliphatic carbocycles. The second-order valence-corrected chi connectivity index (χ2v) is 3.65. The summed E-state index contributed by atoms with van der Waals surface area (Å²) in [7, 11) is 1.75. The lowest BCUT2D eigenvalue weighted by atomic mass is 10.1. The van der Waals surface area contributed by atoms with Gasteiger partial charge in [0.05, 0.1) is 6.42 Å². The van der Waals surface area contributed by atoms with Crippen LogP contribution in [-0.4, -0.2) is 25.5 Å². The lowest BCUT2D eigenvalue weighted by molar-refractivity contribution is 0.0989. The second kappa shape index (κ2) is 4.40. The average Bonchev–Trinajstić information content (AvgIpc) is 2.64. The number of hydrogen-bond acceptors (Lipinski definition) is 4. The van der Waals surface area contributed by atoms with Gasteiger partial charge in [-0.1, -0.05) is 11.6 Å². The molecule has 16 heavy (non-hydrogen) atoms. The van der Waals surface area contributed by atoms with Crippen molar-refractivity contribution in [1.82, 2.24) is 19.7 Å². The molecule has 0 radical (unpaired) electrons. The predicted molar refractivity (Wildman–Crippen MR) is 58.3 cm³/mol. The first-order chi connectivity index (χ1) is 7.66. The summed E-state index contributed by atoms with van der Waals surface area (Å²) in [6.45, 7) is 0. The van der Waals surface area contributed by atoms with Crippen molar-refractivity contribution < 1.29 is 4.79 Å². The summed E-state index contributed by atoms with van der Waals surface area (Å²) in [6, 6.07) is 3.17. The summed E-state index contributed by atoms with van der Waals surface area (Å²) >= 11 is 5.71. The van der Waals surface area contributed by atoms with Crippen LogP contribution in [0.1, 0.15) is 16.2 Å². The fraction of sp³-hybridized carbons (Fsp3) is 0.200. The Morgan fingerprint density at radius 1 is 1.50 bits per heavy atom. The van der Waals surface area contributed by atoms with E-state index in [-0.39, 0.29) is 12.2 Å². The zero-order valence-corrected chi connectivity index (χ0v) is 9.35. The van der Waals surface area contributed by atoms with E-state index in [4.69, 9.17) is 11.6 Å². The van der Waals surface area contributed by atoms with Crippen LogP contribution in [0.25, 0.3) is 0 Å². The van der Waals surface area contributed by atoms with Crippen molar-refractivity contribution in [3.8, 4) is 0 Å². The van der Waals surface area contributed by atoms with Crippen LogP contribution in [0.4, 0.5) is 0 Å². The standard InChI is InChI=1S/C10H9ClN4O/c1-15-10(13-6-14-15)5-8(16)7-2-3-12-9(11)4-7/h2-4,6H,5H2,1H3. The van der Waals surface area contributed by atoms with Crippen molar-refractivity contribution in [2.45, 2.75) is 6.42 Å². The lowest BCUT2D eigenvalue weighted by Crippen LogP contribution is -2.09. The monoisotopic (exact) mass is 236 g/mol. The Morgan fingerprint density at radius 2 is 2.31 bits per heavy atom. The molecule has 2 aromatic heterocycles. The molecule has 82 valence electrons. The van der Waals surface area contributed by atoms with Crippen LogP contribution in [0.2, 0.25) is 5.15 Å². The Kier molecular flexibility index (Phi) is 2.96. The van der Waals surface area contributed by atoms with Crippen molar-refractivity contribution >= 4 is 17.4 Å². The van der Waals surface area contributed by atoms with Gasteiger partial charge in [0.2, 0.25) is 0 Å². The molecule has 0 saturated carbocycles. The van der Waals surface area contributed by atoms with Gasteiger partial charge in [-0.2, -0.15) is 5.10 Å². The molecule has 0 aromatic carbocycles. The maximum atomic E-state index is 11.8. The average molecular weight is 237 g/mol. The molecule has 0 aliphatic rings. The molecule has 0 saturated heterocycles. The molecule has 5 nitrogen and oxygen atoms in total. The van der Waals surface area contributed by atoms with Crippen molar-refractivity contribution in [3.05, 3.63) is 41.2 Å². The van der Waals surface area contributed by atoms with Gasteiger partial charge in [-0.05, 0) is 12.1 Å². The fourth-order valence-corrected chi connectivity index (χ4v) is 1.48. The van der Waals surface area contributed by atoms with Crippen molar-refractivity contribution in [1.29, 1.82) is 0 Å². The number of Topliss-reactive ketones (excluding diaryl/α,β-unsaturated/α-hetero) is 1. The number of carbonyl (C=O) groups is 1. The minimum absolute atomic E-state index is 0.0552. The summed E-state index contributed by atoms with van der Waals surface area (Å²) in [5, 5.41) is 4.20. The molecule has 0 unspecified atom stereocenters. The van der Waals surface area contributed by atoms with Crippen LogP contribution in [0.3, 0.4) is 0 Å². The van der Waals surface area contributed by atoms with E-state index in [0.29, 0.717) is 16.5 Å². The van der Waals surface area contributed by atoms with Crippen LogP contribution in [0.15, 0.2) is 24.7 Å². The summed E-state index contributed by atoms with van der Waals surface area (Å²) in [5.74, 6) is 0.568. The topological polar surface area (TPSA) is 60.7 Å². The van der Waals surface area contributed by atoms with E-state index in [2.05, 4.69) is 15.1 Å². The number of hydrogen-bond donors (Lipinski definition) is 0. The molecule has 6 heteroatoms. The van der Waals surface area contributed by atoms with Gasteiger partial charge in [-0.3, -0.25) is 9.48 Å². The molecule has 0 aliphatic heterocycles. The highest BCUT2D eigenvalue weighted by molar-refractivity contribution is 6.29. The first-order valence-electron chi connectivity index (χ1n) is 4.64. The maximum Gasteiger partial charge on any atom is 0.170 e. The van der Waals surface area contributed by atoms with Gasteiger partial charge in [0, 0.05) is 18.8 Å². The third kappa shape index (κ3) is 2.25. The van der Waals surface area contributed by atoms with E-state index in [1.807, 2.05) is 0 Å². The van der Waals surface area contributed by atoms with E-state index in [1.165, 1.54) is 12.5 Å². The number of nitrogens with zero attached hydrogens (tertiary/aromatic N) is 4. The normalized spacial score (nSPS) is 10.4. The zero-order chi connectivity index (χ0) is 11.5. The van der Waals surface area contributed by atoms with E-state index in [0.717, 1.165) is 0 Å². The minimum Gasteiger partial charge on any atom is -0.294 e. The molecule has 2 heterocycles. The third-order valence-corrected chi connectivity index (χ3v) is 2.38. The van der Waals surface area contributed by atoms with Gasteiger partial charge in [-0.25, -0.2) is 9.97 Å². The highest BCUT2D eigenvalue weighted by Crippen LogP contribution is 2.09. The van der Waals surface area contributed by atoms with E-state index < -0.39 is 0 Å². The summed E-state index contributed by atoms with van der Waals surface area (Å²) in [4.78, 5) is 19.7. The lowest BCUT2D eigenvalue weighted by Gasteiger charge is -2.00. The molecule has 0 amide bonds. The van der Waals surface area contributed by atoms with Crippen molar-refractivity contribution in [3.63, 3.8) is 0 Å². The molecule has 0 spiro atoms. The second-order valence-electron chi connectivity index (χ2n) is 3.27. The Balaban J connectivity index is 2.18. The van der Waals surface area contributed by atoms with E-state index in [1.54, 1.807) is 23.9 Å². The highest BCUT2D eigenvalue weighted by Gasteiger charge is 2.11. The maximum absolute atomic E-state index is 11.8. The summed E-state index contributed by atoms with van der Waals surface area (Å²) in [5.41, 5.74) is 0.531. The third-order valence-electron chi connectivity index (χ3n) is 2.17. The molecule has 2 aromatic rings. The first kappa shape index (κ1) is 10.8. The SMILES string of the molecule is Cn1ncnc1CC(=O)c1ccnc(Cl)c1. The zero-order valence-electron chi connectivity index (χ0n) is 8.59. The van der Waals surface area contributed by atoms with Crippen LogP contribution < -0.4 is 0 Å². The first-order valence-corrected chi connectivity index (χ1v) is 5.02. The Bertz CT molecular complexity index is 523. The van der Waals surface area contributed by atoms with Crippen molar-refractivity contribution in [2.24, 2.45) is 7.05 Å². The highest BCUT2D eigenvalue weighted by atomic mass is 35.5. The molecular formula is C10H9ClN4O. The number of halogens is 1. The van der Waals surface area contributed by atoms with Gasteiger partial charge >= 0.3 is 0 Å². The summed E-state index contributed by atoms with van der Waals surface area (Å²) in [6.07, 6.45) is 3.13. The minimum atomic E-state index is -0.0552. The molecular weight excluding hydrogens is 228 g/mol. The number of rotatable bonds is 3. The van der Waals surface area contributed by atoms with E-state index >= 15 is 0 Å². The van der Waals surface area contributed by atoms with Crippen LogP contribution in [-0.2, 0) is 13.5 Å². The molecule has 0 atom stereocenters. The Labute approximate surface area is 97.1 Å². The van der Waals surface area contributed by atoms with Crippen molar-refractivity contribution in [2.75, 3.05) is 0 Å².